The number of aryl methyl sites for hydroxylation is 2. The Morgan fingerprint density at radius 2 is 1.78 bits per heavy atom. The molecule has 0 radical (unpaired) electrons. The van der Waals surface area contributed by atoms with Gasteiger partial charge in [-0.3, -0.25) is 0 Å². The zero-order valence-electron chi connectivity index (χ0n) is 10.2. The first-order chi connectivity index (χ1) is 8.63. The van der Waals surface area contributed by atoms with E-state index in [4.69, 9.17) is 11.6 Å². The number of aromatic nitrogens is 3. The van der Waals surface area contributed by atoms with Crippen molar-refractivity contribution >= 4 is 17.2 Å². The molecule has 0 unspecified atom stereocenters. The molecule has 2 heterocycles. The summed E-state index contributed by atoms with van der Waals surface area (Å²) in [6, 6.07) is 10.0. The average molecular weight is 258 g/mol. The molecule has 0 fully saturated rings. The Bertz CT molecular complexity index is 711. The van der Waals surface area contributed by atoms with Gasteiger partial charge in [0.15, 0.2) is 5.65 Å². The van der Waals surface area contributed by atoms with Gasteiger partial charge in [-0.1, -0.05) is 28.8 Å². The van der Waals surface area contributed by atoms with Gasteiger partial charge in [0.05, 0.1) is 11.9 Å². The summed E-state index contributed by atoms with van der Waals surface area (Å²) in [5, 5.41) is 4.68. The van der Waals surface area contributed by atoms with Gasteiger partial charge in [-0.25, -0.2) is 9.50 Å². The number of nitrogens with zero attached hydrogens (tertiary/aromatic N) is 3. The van der Waals surface area contributed by atoms with Gasteiger partial charge in [0.1, 0.15) is 5.15 Å². The minimum absolute atomic E-state index is 0.569. The number of fused-ring (bicyclic) bond motifs is 1. The van der Waals surface area contributed by atoms with Crippen LogP contribution in [-0.4, -0.2) is 14.6 Å². The minimum Gasteiger partial charge on any atom is -0.228 e. The molecule has 0 atom stereocenters. The first-order valence-electron chi connectivity index (χ1n) is 5.72. The van der Waals surface area contributed by atoms with Crippen LogP contribution in [0, 0.1) is 13.8 Å². The van der Waals surface area contributed by atoms with Crippen molar-refractivity contribution in [3.63, 3.8) is 0 Å². The lowest BCUT2D eigenvalue weighted by atomic mass is 10.1. The van der Waals surface area contributed by atoms with Gasteiger partial charge >= 0.3 is 0 Å². The van der Waals surface area contributed by atoms with E-state index in [1.54, 1.807) is 10.7 Å². The van der Waals surface area contributed by atoms with Crippen molar-refractivity contribution in [2.45, 2.75) is 13.8 Å². The lowest BCUT2D eigenvalue weighted by Gasteiger charge is -2.06. The summed E-state index contributed by atoms with van der Waals surface area (Å²) in [7, 11) is 0. The van der Waals surface area contributed by atoms with E-state index in [0.29, 0.717) is 5.15 Å². The lowest BCUT2D eigenvalue weighted by molar-refractivity contribution is 0.942. The van der Waals surface area contributed by atoms with E-state index in [1.807, 2.05) is 12.1 Å². The fourth-order valence-electron chi connectivity index (χ4n) is 2.15. The van der Waals surface area contributed by atoms with Gasteiger partial charge in [0, 0.05) is 17.7 Å². The number of hydrogen-bond donors (Lipinski definition) is 0. The van der Waals surface area contributed by atoms with E-state index >= 15 is 0 Å². The topological polar surface area (TPSA) is 30.2 Å². The molecule has 0 spiro atoms. The summed E-state index contributed by atoms with van der Waals surface area (Å²) in [6.07, 6.45) is 1.69. The predicted molar refractivity (Wildman–Crippen MR) is 72.9 cm³/mol. The van der Waals surface area contributed by atoms with Gasteiger partial charge < -0.3 is 0 Å². The molecule has 0 bridgehead atoms. The molecule has 0 amide bonds. The molecule has 0 N–H and O–H groups in total. The molecule has 0 saturated heterocycles. The second-order valence-corrected chi connectivity index (χ2v) is 4.83. The summed E-state index contributed by atoms with van der Waals surface area (Å²) in [4.78, 5) is 4.56. The summed E-state index contributed by atoms with van der Waals surface area (Å²) >= 11 is 6.19. The number of rotatable bonds is 1. The fourth-order valence-corrected chi connectivity index (χ4v) is 2.38. The average Bonchev–Trinajstić information content (AvgIpc) is 2.76. The van der Waals surface area contributed by atoms with E-state index in [2.05, 4.69) is 42.1 Å². The molecule has 3 rings (SSSR count). The van der Waals surface area contributed by atoms with Crippen molar-refractivity contribution in [3.8, 4) is 11.3 Å². The number of hydrogen-bond acceptors (Lipinski definition) is 2. The number of halogens is 1. The van der Waals surface area contributed by atoms with E-state index in [-0.39, 0.29) is 0 Å². The molecule has 0 aliphatic rings. The van der Waals surface area contributed by atoms with Crippen LogP contribution in [0.2, 0.25) is 5.15 Å². The van der Waals surface area contributed by atoms with Crippen molar-refractivity contribution in [2.24, 2.45) is 0 Å². The Balaban J connectivity index is 2.24. The van der Waals surface area contributed by atoms with E-state index in [1.165, 1.54) is 11.1 Å². The summed E-state index contributed by atoms with van der Waals surface area (Å²) in [5.41, 5.74) is 5.15. The van der Waals surface area contributed by atoms with Crippen LogP contribution in [0.5, 0.6) is 0 Å². The minimum atomic E-state index is 0.569. The second-order valence-electron chi connectivity index (χ2n) is 4.44. The maximum atomic E-state index is 6.19. The Labute approximate surface area is 110 Å². The highest BCUT2D eigenvalue weighted by molar-refractivity contribution is 6.30. The molecule has 3 aromatic rings. The largest absolute Gasteiger partial charge is 0.228 e. The Morgan fingerprint density at radius 3 is 2.50 bits per heavy atom. The zero-order chi connectivity index (χ0) is 12.7. The zero-order valence-corrected chi connectivity index (χ0v) is 10.9. The fraction of sp³-hybridized carbons (Fsp3) is 0.143. The van der Waals surface area contributed by atoms with Crippen molar-refractivity contribution in [1.29, 1.82) is 0 Å². The molecule has 1 aromatic carbocycles. The molecule has 18 heavy (non-hydrogen) atoms. The third-order valence-electron chi connectivity index (χ3n) is 2.83. The summed E-state index contributed by atoms with van der Waals surface area (Å²) in [6.45, 7) is 4.16. The maximum Gasteiger partial charge on any atom is 0.157 e. The van der Waals surface area contributed by atoms with E-state index < -0.39 is 0 Å². The molecule has 0 aliphatic carbocycles. The van der Waals surface area contributed by atoms with Gasteiger partial charge in [-0.05, 0) is 26.0 Å². The highest BCUT2D eigenvalue weighted by Gasteiger charge is 2.07. The van der Waals surface area contributed by atoms with Crippen LogP contribution in [-0.2, 0) is 0 Å². The second kappa shape index (κ2) is 4.10. The Morgan fingerprint density at radius 1 is 1.06 bits per heavy atom. The van der Waals surface area contributed by atoms with Crippen LogP contribution in [0.25, 0.3) is 16.9 Å². The van der Waals surface area contributed by atoms with Crippen LogP contribution in [0.4, 0.5) is 0 Å². The standard InChI is InChI=1S/C14H12ClN3/c1-9-5-10(2)7-11(6-9)12-8-13(15)18-14(17-12)3-4-16-18/h3-8H,1-2H3. The van der Waals surface area contributed by atoms with E-state index in [0.717, 1.165) is 16.9 Å². The van der Waals surface area contributed by atoms with Gasteiger partial charge in [-0.2, -0.15) is 5.10 Å². The van der Waals surface area contributed by atoms with Crippen LogP contribution in [0.3, 0.4) is 0 Å². The third kappa shape index (κ3) is 1.87. The molecule has 4 heteroatoms. The highest BCUT2D eigenvalue weighted by atomic mass is 35.5. The van der Waals surface area contributed by atoms with Crippen LogP contribution in [0.1, 0.15) is 11.1 Å². The van der Waals surface area contributed by atoms with Gasteiger partial charge in [0.2, 0.25) is 0 Å². The first kappa shape index (κ1) is 11.2. The van der Waals surface area contributed by atoms with Crippen LogP contribution < -0.4 is 0 Å². The molecule has 90 valence electrons. The third-order valence-corrected chi connectivity index (χ3v) is 3.10. The quantitative estimate of drug-likeness (QED) is 0.623. The molecule has 2 aromatic heterocycles. The predicted octanol–water partition coefficient (Wildman–Crippen LogP) is 3.67. The summed E-state index contributed by atoms with van der Waals surface area (Å²) in [5.74, 6) is 0. The molecular weight excluding hydrogens is 246 g/mol. The number of benzene rings is 1. The van der Waals surface area contributed by atoms with Gasteiger partial charge in [-0.15, -0.1) is 0 Å². The monoisotopic (exact) mass is 257 g/mol. The molecule has 0 aliphatic heterocycles. The van der Waals surface area contributed by atoms with E-state index in [9.17, 15) is 0 Å². The summed E-state index contributed by atoms with van der Waals surface area (Å²) < 4.78 is 1.62. The molecule has 3 nitrogen and oxygen atoms in total. The Kier molecular flexibility index (Phi) is 2.56. The van der Waals surface area contributed by atoms with Crippen molar-refractivity contribution in [3.05, 3.63) is 52.8 Å². The van der Waals surface area contributed by atoms with Crippen LogP contribution in [0.15, 0.2) is 36.5 Å². The van der Waals surface area contributed by atoms with Crippen molar-refractivity contribution in [2.75, 3.05) is 0 Å². The van der Waals surface area contributed by atoms with Gasteiger partial charge in [0.25, 0.3) is 0 Å². The smallest absolute Gasteiger partial charge is 0.157 e. The first-order valence-corrected chi connectivity index (χ1v) is 6.10. The Hall–Kier alpha value is -1.87. The lowest BCUT2D eigenvalue weighted by Crippen LogP contribution is -1.94. The molecule has 0 saturated carbocycles. The highest BCUT2D eigenvalue weighted by Crippen LogP contribution is 2.24. The van der Waals surface area contributed by atoms with Crippen LogP contribution >= 0.6 is 11.6 Å². The SMILES string of the molecule is Cc1cc(C)cc(-c2cc(Cl)n3nccc3n2)c1. The van der Waals surface area contributed by atoms with Crippen molar-refractivity contribution in [1.82, 2.24) is 14.6 Å². The maximum absolute atomic E-state index is 6.19. The van der Waals surface area contributed by atoms with Crippen molar-refractivity contribution < 1.29 is 0 Å². The molecular formula is C14H12ClN3. The normalized spacial score (nSPS) is 11.1.